The fourth-order valence-corrected chi connectivity index (χ4v) is 15.8. The van der Waals surface area contributed by atoms with Gasteiger partial charge >= 0.3 is 0 Å². The van der Waals surface area contributed by atoms with Crippen molar-refractivity contribution in [2.45, 2.75) is 93.4 Å². The van der Waals surface area contributed by atoms with Crippen molar-refractivity contribution in [1.29, 1.82) is 0 Å². The molecule has 0 amide bonds. The first-order chi connectivity index (χ1) is 48.8. The summed E-state index contributed by atoms with van der Waals surface area (Å²) in [5.74, 6) is 3.61. The highest BCUT2D eigenvalue weighted by Crippen LogP contribution is 2.34. The highest BCUT2D eigenvalue weighted by Gasteiger charge is 2.42. The molecule has 5 atom stereocenters. The van der Waals surface area contributed by atoms with Gasteiger partial charge in [-0.25, -0.2) is 8.42 Å². The van der Waals surface area contributed by atoms with Crippen molar-refractivity contribution < 1.29 is 37.0 Å². The van der Waals surface area contributed by atoms with Crippen LogP contribution in [0.15, 0.2) is 272 Å². The Morgan fingerprint density at radius 1 is 0.310 bits per heavy atom. The second-order valence-electron chi connectivity index (χ2n) is 26.0. The molecule has 15 nitrogen and oxygen atoms in total. The summed E-state index contributed by atoms with van der Waals surface area (Å²) in [5, 5.41) is 13.5. The predicted molar refractivity (Wildman–Crippen MR) is 397 cm³/mol. The van der Waals surface area contributed by atoms with Crippen LogP contribution in [0, 0.1) is 10.1 Å². The molecule has 0 spiro atoms. The van der Waals surface area contributed by atoms with Gasteiger partial charge in [0.2, 0.25) is 10.0 Å². The molecule has 11 rings (SSSR count). The van der Waals surface area contributed by atoms with Crippen molar-refractivity contribution in [3.8, 4) is 28.7 Å². The molecule has 5 unspecified atom stereocenters. The molecule has 10 aromatic carbocycles. The lowest BCUT2D eigenvalue weighted by Crippen LogP contribution is -2.56. The molecule has 0 saturated carbocycles. The van der Waals surface area contributed by atoms with Gasteiger partial charge in [0, 0.05) is 95.2 Å². The summed E-state index contributed by atoms with van der Waals surface area (Å²) in [4.78, 5) is 22.9. The number of hydrogen-bond acceptors (Lipinski definition) is 13. The van der Waals surface area contributed by atoms with Gasteiger partial charge in [-0.15, -0.1) is 0 Å². The minimum Gasteiger partial charge on any atom is -0.497 e. The van der Waals surface area contributed by atoms with Crippen LogP contribution in [0.3, 0.4) is 0 Å². The van der Waals surface area contributed by atoms with Crippen molar-refractivity contribution in [2.24, 2.45) is 0 Å². The Kier molecular flexibility index (Phi) is 25.4. The fraction of sp³-hybridized carbons (Fsp3) is 0.286. The third kappa shape index (κ3) is 19.6. The average molecular weight is 1360 g/mol. The first-order valence-corrected chi connectivity index (χ1v) is 35.8. The van der Waals surface area contributed by atoms with Gasteiger partial charge in [0.25, 0.3) is 5.69 Å². The van der Waals surface area contributed by atoms with Gasteiger partial charge < -0.3 is 23.7 Å². The summed E-state index contributed by atoms with van der Waals surface area (Å²) >= 11 is 0. The molecule has 1 aliphatic rings. The summed E-state index contributed by atoms with van der Waals surface area (Å²) in [6, 6.07) is 87.1. The standard InChI is InChI=1S/C84H92N6O9S/c1-95-78-40-30-64(31-41-78)50-73-59-85(55-69-20-10-6-11-21-69)74(51-65-32-42-79(96-2)43-33-65)61-87(57-71-24-14-8-15-25-71)76(53-67-36-46-81(98-4)47-37-67)63-89(100(93,94)84-29-19-18-28-83(84)90(91)92)77(54-68-38-48-82(99-5)49-39-68)62-88(58-72-26-16-9-17-27-72)75(52-66-34-44-80(97-3)45-35-66)60-86(73)56-70-22-12-7-13-23-70/h6-49,73-77H,50-63H2,1-5H3. The van der Waals surface area contributed by atoms with Gasteiger partial charge in [0.05, 0.1) is 40.5 Å². The van der Waals surface area contributed by atoms with Gasteiger partial charge in [0.15, 0.2) is 4.90 Å². The number of nitro groups is 1. The van der Waals surface area contributed by atoms with E-state index in [2.05, 4.69) is 189 Å². The molecule has 518 valence electrons. The molecular weight excluding hydrogens is 1270 g/mol. The number of para-hydroxylation sites is 1. The number of nitrogens with zero attached hydrogens (tertiary/aromatic N) is 6. The van der Waals surface area contributed by atoms with Gasteiger partial charge in [-0.2, -0.15) is 4.31 Å². The lowest BCUT2D eigenvalue weighted by atomic mass is 9.96. The molecule has 16 heteroatoms. The van der Waals surface area contributed by atoms with E-state index in [1.807, 2.05) is 72.8 Å². The van der Waals surface area contributed by atoms with Crippen molar-refractivity contribution in [2.75, 3.05) is 68.3 Å². The second-order valence-corrected chi connectivity index (χ2v) is 27.8. The molecule has 100 heavy (non-hydrogen) atoms. The fourth-order valence-electron chi connectivity index (χ4n) is 14.0. The number of rotatable bonds is 26. The average Bonchev–Trinajstić information content (AvgIpc) is 0.902. The third-order valence-electron chi connectivity index (χ3n) is 19.4. The first-order valence-electron chi connectivity index (χ1n) is 34.3. The van der Waals surface area contributed by atoms with E-state index in [0.717, 1.165) is 67.3 Å². The highest BCUT2D eigenvalue weighted by atomic mass is 32.2. The quantitative estimate of drug-likeness (QED) is 0.0376. The minimum absolute atomic E-state index is 0.0649. The molecule has 0 bridgehead atoms. The van der Waals surface area contributed by atoms with Crippen LogP contribution in [0.5, 0.6) is 28.7 Å². The van der Waals surface area contributed by atoms with Gasteiger partial charge in [-0.3, -0.25) is 29.7 Å². The summed E-state index contributed by atoms with van der Waals surface area (Å²) in [7, 11) is 3.53. The Labute approximate surface area is 590 Å². The summed E-state index contributed by atoms with van der Waals surface area (Å²) in [6.45, 7) is 3.78. The van der Waals surface area contributed by atoms with E-state index in [1.165, 1.54) is 18.2 Å². The second kappa shape index (κ2) is 35.4. The Bertz CT molecular complexity index is 4140. The van der Waals surface area contributed by atoms with Gasteiger partial charge in [0.1, 0.15) is 28.7 Å². The van der Waals surface area contributed by atoms with E-state index in [-0.39, 0.29) is 42.5 Å². The number of hydrogen-bond donors (Lipinski definition) is 0. The van der Waals surface area contributed by atoms with Gasteiger partial charge in [-0.05, 0) is 149 Å². The van der Waals surface area contributed by atoms with Crippen LogP contribution in [0.2, 0.25) is 0 Å². The Balaban J connectivity index is 1.24. The largest absolute Gasteiger partial charge is 0.497 e. The summed E-state index contributed by atoms with van der Waals surface area (Å²) < 4.78 is 64.7. The molecule has 0 aliphatic carbocycles. The number of methoxy groups -OCH3 is 5. The predicted octanol–water partition coefficient (Wildman–Crippen LogP) is 14.7. The van der Waals surface area contributed by atoms with E-state index in [0.29, 0.717) is 83.0 Å². The zero-order valence-electron chi connectivity index (χ0n) is 58.0. The normalized spacial score (nSPS) is 18.1. The maximum atomic E-state index is 17.1. The molecule has 10 aromatic rings. The van der Waals surface area contributed by atoms with E-state index >= 15 is 8.42 Å². The number of sulfonamides is 1. The van der Waals surface area contributed by atoms with Crippen molar-refractivity contribution in [1.82, 2.24) is 23.9 Å². The lowest BCUT2D eigenvalue weighted by Gasteiger charge is -2.44. The summed E-state index contributed by atoms with van der Waals surface area (Å²) in [5.41, 5.74) is 9.06. The number of ether oxygens (including phenoxy) is 5. The molecule has 0 aromatic heterocycles. The van der Waals surface area contributed by atoms with Crippen LogP contribution in [0.4, 0.5) is 5.69 Å². The minimum atomic E-state index is -4.83. The maximum absolute atomic E-state index is 17.1. The van der Waals surface area contributed by atoms with E-state index in [4.69, 9.17) is 23.7 Å². The van der Waals surface area contributed by atoms with Crippen LogP contribution < -0.4 is 23.7 Å². The molecule has 1 fully saturated rings. The molecule has 1 heterocycles. The summed E-state index contributed by atoms with van der Waals surface area (Å²) in [6.07, 6.45) is 2.46. The van der Waals surface area contributed by atoms with Crippen LogP contribution in [-0.4, -0.2) is 136 Å². The van der Waals surface area contributed by atoms with Crippen molar-refractivity contribution in [3.05, 3.63) is 327 Å². The third-order valence-corrected chi connectivity index (χ3v) is 21.3. The van der Waals surface area contributed by atoms with Crippen molar-refractivity contribution in [3.63, 3.8) is 0 Å². The van der Waals surface area contributed by atoms with Crippen LogP contribution in [0.1, 0.15) is 50.1 Å². The molecule has 0 radical (unpaired) electrons. The van der Waals surface area contributed by atoms with Crippen LogP contribution >= 0.6 is 0 Å². The zero-order chi connectivity index (χ0) is 69.6. The lowest BCUT2D eigenvalue weighted by molar-refractivity contribution is -0.387. The van der Waals surface area contributed by atoms with E-state index in [9.17, 15) is 10.1 Å². The number of benzene rings is 10. The maximum Gasteiger partial charge on any atom is 0.289 e. The SMILES string of the molecule is COc1ccc(CC2CN(Cc3ccccc3)C(Cc3ccc(OC)cc3)CN(S(=O)(=O)c3ccccc3[N+](=O)[O-])C(Cc3ccc(OC)cc3)CN(Cc3ccccc3)C(Cc3ccc(OC)cc3)CN(Cc3ccccc3)C(Cc3ccc(OC)cc3)CN2Cc2ccccc2)cc1. The smallest absolute Gasteiger partial charge is 0.289 e. The Morgan fingerprint density at radius 2 is 0.540 bits per heavy atom. The first kappa shape index (κ1) is 71.6. The molecular formula is C84H92N6O9S. The van der Waals surface area contributed by atoms with E-state index in [1.54, 1.807) is 45.9 Å². The Morgan fingerprint density at radius 3 is 0.800 bits per heavy atom. The molecule has 1 saturated heterocycles. The van der Waals surface area contributed by atoms with E-state index < -0.39 is 32.7 Å². The molecule has 1 aliphatic heterocycles. The van der Waals surface area contributed by atoms with Gasteiger partial charge in [-0.1, -0.05) is 194 Å². The molecule has 0 N–H and O–H groups in total. The van der Waals surface area contributed by atoms with Crippen molar-refractivity contribution >= 4 is 15.7 Å². The van der Waals surface area contributed by atoms with Crippen LogP contribution in [0.25, 0.3) is 0 Å². The number of nitro benzene ring substituents is 1. The monoisotopic (exact) mass is 1360 g/mol. The Hall–Kier alpha value is -9.65. The van der Waals surface area contributed by atoms with Crippen LogP contribution in [-0.2, 0) is 68.3 Å². The topological polar surface area (TPSA) is 140 Å². The highest BCUT2D eigenvalue weighted by molar-refractivity contribution is 7.89. The zero-order valence-corrected chi connectivity index (χ0v) is 58.8.